The van der Waals surface area contributed by atoms with Gasteiger partial charge < -0.3 is 47.0 Å². The molecule has 0 spiro atoms. The number of nitrogens with one attached hydrogen (secondary N) is 5. The van der Waals surface area contributed by atoms with E-state index in [1.165, 1.54) is 26.4 Å². The van der Waals surface area contributed by atoms with Crippen molar-refractivity contribution in [1.82, 2.24) is 30.9 Å². The zero-order valence-corrected chi connectivity index (χ0v) is 21.4. The van der Waals surface area contributed by atoms with Gasteiger partial charge in [-0.3, -0.25) is 14.4 Å². The molecule has 39 heavy (non-hydrogen) atoms. The van der Waals surface area contributed by atoms with Crippen molar-refractivity contribution < 1.29 is 34.5 Å². The first kappa shape index (κ1) is 29.3. The molecule has 3 aromatic rings. The summed E-state index contributed by atoms with van der Waals surface area (Å²) in [4.78, 5) is 60.1. The van der Waals surface area contributed by atoms with E-state index in [9.17, 15) is 34.5 Å². The summed E-state index contributed by atoms with van der Waals surface area (Å²) in [5, 5.41) is 37.2. The number of benzene rings is 1. The first-order valence-corrected chi connectivity index (χ1v) is 12.3. The molecule has 14 heteroatoms. The number of hydrogen-bond donors (Lipinski definition) is 9. The number of para-hydroxylation sites is 1. The number of H-pyrrole nitrogens is 2. The Bertz CT molecular complexity index is 1290. The number of aliphatic hydroxyl groups excluding tert-OH is 2. The summed E-state index contributed by atoms with van der Waals surface area (Å²) >= 11 is 0. The van der Waals surface area contributed by atoms with Crippen LogP contribution >= 0.6 is 0 Å². The number of nitrogens with two attached hydrogens (primary N) is 1. The molecule has 0 aliphatic heterocycles. The van der Waals surface area contributed by atoms with Crippen LogP contribution in [0.1, 0.15) is 25.1 Å². The van der Waals surface area contributed by atoms with Crippen LogP contribution in [0.5, 0.6) is 0 Å². The molecule has 0 fully saturated rings. The van der Waals surface area contributed by atoms with Gasteiger partial charge >= 0.3 is 5.97 Å². The van der Waals surface area contributed by atoms with E-state index in [0.717, 1.165) is 16.5 Å². The normalized spacial score (nSPS) is 15.9. The number of aromatic amines is 2. The van der Waals surface area contributed by atoms with Crippen LogP contribution in [-0.2, 0) is 32.0 Å². The van der Waals surface area contributed by atoms with Crippen molar-refractivity contribution in [2.75, 3.05) is 0 Å². The van der Waals surface area contributed by atoms with Crippen LogP contribution in [0.2, 0.25) is 0 Å². The fourth-order valence-corrected chi connectivity index (χ4v) is 4.03. The smallest absolute Gasteiger partial charge is 0.328 e. The molecule has 0 saturated heterocycles. The highest BCUT2D eigenvalue weighted by Gasteiger charge is 2.34. The molecule has 3 amide bonds. The van der Waals surface area contributed by atoms with Crippen molar-refractivity contribution in [1.29, 1.82) is 0 Å². The lowest BCUT2D eigenvalue weighted by Crippen LogP contribution is -2.61. The minimum atomic E-state index is -1.63. The van der Waals surface area contributed by atoms with Crippen molar-refractivity contribution in [3.63, 3.8) is 0 Å². The van der Waals surface area contributed by atoms with Gasteiger partial charge in [0.15, 0.2) is 6.04 Å². The van der Waals surface area contributed by atoms with E-state index in [1.54, 1.807) is 6.20 Å². The van der Waals surface area contributed by atoms with Gasteiger partial charge in [0.05, 0.1) is 24.6 Å². The fraction of sp³-hybridized carbons (Fsp3) is 0.400. The van der Waals surface area contributed by atoms with E-state index >= 15 is 0 Å². The minimum absolute atomic E-state index is 0.121. The lowest BCUT2D eigenvalue weighted by molar-refractivity contribution is -0.145. The zero-order valence-electron chi connectivity index (χ0n) is 21.4. The van der Waals surface area contributed by atoms with Crippen LogP contribution in [0.3, 0.4) is 0 Å². The molecule has 0 aliphatic rings. The third kappa shape index (κ3) is 7.63. The maximum Gasteiger partial charge on any atom is 0.328 e. The quantitative estimate of drug-likeness (QED) is 0.119. The van der Waals surface area contributed by atoms with E-state index in [1.807, 2.05) is 24.3 Å². The molecule has 6 unspecified atom stereocenters. The number of aliphatic hydroxyl groups is 2. The van der Waals surface area contributed by atoms with Crippen molar-refractivity contribution >= 4 is 34.6 Å². The van der Waals surface area contributed by atoms with Crippen molar-refractivity contribution in [2.24, 2.45) is 5.73 Å². The standard InChI is InChI=1S/C25H33N7O7/c1-12(33)20(31-22(35)17(26)7-14-9-28-18-6-4-3-5-16(14)18)24(37)30-19(8-15-10-27-11-29-15)23(36)32-21(13(2)34)25(38)39/h3-6,9-13,17,19-21,28,33-34H,7-8,26H2,1-2H3,(H,27,29)(H,30,37)(H,31,35)(H,32,36)(H,38,39). The summed E-state index contributed by atoms with van der Waals surface area (Å²) in [6.45, 7) is 2.48. The number of imidazole rings is 1. The van der Waals surface area contributed by atoms with Gasteiger partial charge in [-0.15, -0.1) is 0 Å². The Labute approximate surface area is 223 Å². The number of fused-ring (bicyclic) bond motifs is 1. The fourth-order valence-electron chi connectivity index (χ4n) is 4.03. The molecule has 0 saturated carbocycles. The number of carbonyl (C=O) groups excluding carboxylic acids is 3. The largest absolute Gasteiger partial charge is 0.480 e. The molecule has 10 N–H and O–H groups in total. The molecule has 6 atom stereocenters. The molecule has 2 heterocycles. The number of rotatable bonds is 13. The lowest BCUT2D eigenvalue weighted by Gasteiger charge is -2.26. The maximum absolute atomic E-state index is 13.1. The number of carboxylic acid groups (broad SMARTS) is 1. The summed E-state index contributed by atoms with van der Waals surface area (Å²) in [5.41, 5.74) is 8.23. The Morgan fingerprint density at radius 2 is 1.59 bits per heavy atom. The Kier molecular flexibility index (Phi) is 9.76. The average molecular weight is 544 g/mol. The Balaban J connectivity index is 1.71. The van der Waals surface area contributed by atoms with Crippen LogP contribution in [0.4, 0.5) is 0 Å². The van der Waals surface area contributed by atoms with Gasteiger partial charge in [0.2, 0.25) is 17.7 Å². The Morgan fingerprint density at radius 1 is 0.923 bits per heavy atom. The molecule has 0 radical (unpaired) electrons. The summed E-state index contributed by atoms with van der Waals surface area (Å²) in [6.07, 6.45) is 1.76. The second-order valence-corrected chi connectivity index (χ2v) is 9.30. The summed E-state index contributed by atoms with van der Waals surface area (Å²) < 4.78 is 0. The van der Waals surface area contributed by atoms with E-state index in [0.29, 0.717) is 5.69 Å². The van der Waals surface area contributed by atoms with Crippen LogP contribution < -0.4 is 21.7 Å². The number of amides is 3. The number of carbonyl (C=O) groups is 4. The highest BCUT2D eigenvalue weighted by atomic mass is 16.4. The van der Waals surface area contributed by atoms with Gasteiger partial charge in [0, 0.05) is 35.4 Å². The molecular formula is C25H33N7O7. The SMILES string of the molecule is CC(O)C(NC(=O)C(Cc1cnc[nH]1)NC(=O)C(NC(=O)C(N)Cc1c[nH]c2ccccc12)C(C)O)C(=O)O. The van der Waals surface area contributed by atoms with Gasteiger partial charge in [-0.05, 0) is 31.9 Å². The average Bonchev–Trinajstić information content (AvgIpc) is 3.54. The highest BCUT2D eigenvalue weighted by molar-refractivity contribution is 5.95. The third-order valence-corrected chi connectivity index (χ3v) is 6.17. The van der Waals surface area contributed by atoms with Crippen molar-refractivity contribution in [2.45, 2.75) is 63.1 Å². The number of aliphatic carboxylic acids is 1. The topological polar surface area (TPSA) is 236 Å². The predicted molar refractivity (Wildman–Crippen MR) is 139 cm³/mol. The molecule has 210 valence electrons. The monoisotopic (exact) mass is 543 g/mol. The van der Waals surface area contributed by atoms with E-state index in [2.05, 4.69) is 30.9 Å². The summed E-state index contributed by atoms with van der Waals surface area (Å²) in [6, 6.07) is 2.00. The highest BCUT2D eigenvalue weighted by Crippen LogP contribution is 2.18. The van der Waals surface area contributed by atoms with Gasteiger partial charge in [0.25, 0.3) is 0 Å². The molecule has 3 rings (SSSR count). The summed E-state index contributed by atoms with van der Waals surface area (Å²) in [5.74, 6) is -3.97. The third-order valence-electron chi connectivity index (χ3n) is 6.17. The first-order chi connectivity index (χ1) is 18.5. The number of carboxylic acids is 1. The predicted octanol–water partition coefficient (Wildman–Crippen LogP) is -1.70. The Hall–Kier alpha value is -4.27. The second kappa shape index (κ2) is 13.0. The molecule has 14 nitrogen and oxygen atoms in total. The van der Waals surface area contributed by atoms with Gasteiger partial charge in [-0.1, -0.05) is 18.2 Å². The minimum Gasteiger partial charge on any atom is -0.480 e. The summed E-state index contributed by atoms with van der Waals surface area (Å²) in [7, 11) is 0. The molecular weight excluding hydrogens is 510 g/mol. The van der Waals surface area contributed by atoms with Gasteiger partial charge in [0.1, 0.15) is 12.1 Å². The number of nitrogens with zero attached hydrogens (tertiary/aromatic N) is 1. The van der Waals surface area contributed by atoms with Crippen LogP contribution in [0.15, 0.2) is 43.0 Å². The lowest BCUT2D eigenvalue weighted by atomic mass is 10.0. The van der Waals surface area contributed by atoms with Crippen LogP contribution in [-0.4, -0.2) is 90.3 Å². The van der Waals surface area contributed by atoms with E-state index in [4.69, 9.17) is 5.73 Å². The second-order valence-electron chi connectivity index (χ2n) is 9.30. The van der Waals surface area contributed by atoms with Gasteiger partial charge in [-0.2, -0.15) is 0 Å². The molecule has 0 bridgehead atoms. The van der Waals surface area contributed by atoms with E-state index in [-0.39, 0.29) is 12.8 Å². The maximum atomic E-state index is 13.1. The first-order valence-electron chi connectivity index (χ1n) is 12.3. The number of aromatic nitrogens is 3. The van der Waals surface area contributed by atoms with Crippen molar-refractivity contribution in [3.8, 4) is 0 Å². The zero-order chi connectivity index (χ0) is 28.7. The van der Waals surface area contributed by atoms with Crippen LogP contribution in [0.25, 0.3) is 10.9 Å². The molecule has 1 aromatic carbocycles. The van der Waals surface area contributed by atoms with Crippen LogP contribution in [0, 0.1) is 0 Å². The number of hydrogen-bond acceptors (Lipinski definition) is 8. The molecule has 0 aliphatic carbocycles. The van der Waals surface area contributed by atoms with E-state index < -0.39 is 60.1 Å². The Morgan fingerprint density at radius 3 is 2.21 bits per heavy atom. The van der Waals surface area contributed by atoms with Gasteiger partial charge in [-0.25, -0.2) is 9.78 Å². The van der Waals surface area contributed by atoms with Crippen molar-refractivity contribution in [3.05, 3.63) is 54.2 Å². The molecule has 2 aromatic heterocycles.